The molecule has 136 valence electrons. The number of carbonyl (C=O) groups excluding carboxylic acids is 1. The van der Waals surface area contributed by atoms with Gasteiger partial charge in [0.05, 0.1) is 0 Å². The van der Waals surface area contributed by atoms with Crippen LogP contribution in [0.2, 0.25) is 0 Å². The van der Waals surface area contributed by atoms with Gasteiger partial charge in [0.2, 0.25) is 5.91 Å². The molecule has 3 nitrogen and oxygen atoms in total. The third-order valence-corrected chi connectivity index (χ3v) is 4.48. The first-order chi connectivity index (χ1) is 11.2. The van der Waals surface area contributed by atoms with E-state index in [9.17, 15) is 4.79 Å². The van der Waals surface area contributed by atoms with E-state index in [-0.39, 0.29) is 11.8 Å². The molecule has 4 N–H and O–H groups in total. The number of carbonyl (C=O) groups is 1. The zero-order chi connectivity index (χ0) is 17.2. The highest BCUT2D eigenvalue weighted by molar-refractivity contribution is 5.76. The molecule has 0 rings (SSSR count). The van der Waals surface area contributed by atoms with Crippen molar-refractivity contribution in [1.29, 1.82) is 0 Å². The first-order valence-corrected chi connectivity index (χ1v) is 9.86. The number of amides is 1. The Morgan fingerprint density at radius 1 is 0.826 bits per heavy atom. The fraction of sp³-hybridized carbons (Fsp3) is 0.850. The van der Waals surface area contributed by atoms with Crippen LogP contribution in [0.3, 0.4) is 0 Å². The SMILES string of the molecule is CCCCCCCC/C=C\CCCCCCC(CCN)C(N)=O. The van der Waals surface area contributed by atoms with E-state index in [1.807, 2.05) is 0 Å². The van der Waals surface area contributed by atoms with Gasteiger partial charge in [0.1, 0.15) is 0 Å². The number of nitrogens with two attached hydrogens (primary N) is 2. The summed E-state index contributed by atoms with van der Waals surface area (Å²) in [4.78, 5) is 11.2. The summed E-state index contributed by atoms with van der Waals surface area (Å²) in [6.45, 7) is 2.82. The normalized spacial score (nSPS) is 12.8. The van der Waals surface area contributed by atoms with E-state index in [4.69, 9.17) is 11.5 Å². The van der Waals surface area contributed by atoms with Gasteiger partial charge in [-0.15, -0.1) is 0 Å². The third-order valence-electron chi connectivity index (χ3n) is 4.48. The third kappa shape index (κ3) is 15.8. The van der Waals surface area contributed by atoms with Crippen molar-refractivity contribution in [2.24, 2.45) is 17.4 Å². The summed E-state index contributed by atoms with van der Waals surface area (Å²) in [6.07, 6.45) is 21.8. The molecule has 0 radical (unpaired) electrons. The molecule has 0 aliphatic heterocycles. The van der Waals surface area contributed by atoms with Crippen molar-refractivity contribution in [2.75, 3.05) is 6.54 Å². The average molecular weight is 325 g/mol. The van der Waals surface area contributed by atoms with E-state index in [0.717, 1.165) is 19.3 Å². The predicted octanol–water partition coefficient (Wildman–Crippen LogP) is 5.08. The lowest BCUT2D eigenvalue weighted by atomic mass is 9.96. The molecule has 0 aromatic heterocycles. The number of hydrogen-bond acceptors (Lipinski definition) is 2. The van der Waals surface area contributed by atoms with Gasteiger partial charge in [-0.3, -0.25) is 4.79 Å². The molecule has 0 spiro atoms. The topological polar surface area (TPSA) is 69.1 Å². The van der Waals surface area contributed by atoms with Crippen LogP contribution in [0.1, 0.15) is 96.8 Å². The molecule has 0 aliphatic rings. The zero-order valence-electron chi connectivity index (χ0n) is 15.4. The van der Waals surface area contributed by atoms with Gasteiger partial charge >= 0.3 is 0 Å². The van der Waals surface area contributed by atoms with E-state index < -0.39 is 0 Å². The monoisotopic (exact) mass is 324 g/mol. The molecular formula is C20H40N2O. The van der Waals surface area contributed by atoms with E-state index in [2.05, 4.69) is 19.1 Å². The van der Waals surface area contributed by atoms with Crippen molar-refractivity contribution in [3.63, 3.8) is 0 Å². The minimum Gasteiger partial charge on any atom is -0.369 e. The number of allylic oxidation sites excluding steroid dienone is 2. The lowest BCUT2D eigenvalue weighted by molar-refractivity contribution is -0.122. The summed E-state index contributed by atoms with van der Waals surface area (Å²) < 4.78 is 0. The molecule has 0 aliphatic carbocycles. The van der Waals surface area contributed by atoms with Gasteiger partial charge in [-0.1, -0.05) is 70.4 Å². The van der Waals surface area contributed by atoms with Gasteiger partial charge in [0.25, 0.3) is 0 Å². The molecule has 0 aromatic rings. The quantitative estimate of drug-likeness (QED) is 0.289. The number of unbranched alkanes of at least 4 members (excludes halogenated alkanes) is 10. The first kappa shape index (κ1) is 22.2. The van der Waals surface area contributed by atoms with Crippen LogP contribution in [0.25, 0.3) is 0 Å². The smallest absolute Gasteiger partial charge is 0.220 e. The van der Waals surface area contributed by atoms with Gasteiger partial charge in [-0.05, 0) is 45.1 Å². The van der Waals surface area contributed by atoms with Crippen molar-refractivity contribution in [2.45, 2.75) is 96.8 Å². The second-order valence-electron chi connectivity index (χ2n) is 6.70. The maximum absolute atomic E-state index is 11.2. The molecular weight excluding hydrogens is 284 g/mol. The molecule has 1 unspecified atom stereocenters. The van der Waals surface area contributed by atoms with Gasteiger partial charge in [0, 0.05) is 5.92 Å². The minimum atomic E-state index is -0.187. The second kappa shape index (κ2) is 17.5. The molecule has 23 heavy (non-hydrogen) atoms. The Balaban J connectivity index is 3.32. The maximum atomic E-state index is 11.2. The van der Waals surface area contributed by atoms with Gasteiger partial charge in [0.15, 0.2) is 0 Å². The number of primary amides is 1. The van der Waals surface area contributed by atoms with Crippen LogP contribution in [-0.4, -0.2) is 12.5 Å². The fourth-order valence-corrected chi connectivity index (χ4v) is 2.91. The van der Waals surface area contributed by atoms with Crippen LogP contribution in [0.5, 0.6) is 0 Å². The molecule has 1 atom stereocenters. The summed E-state index contributed by atoms with van der Waals surface area (Å²) in [5.74, 6) is -0.203. The molecule has 0 saturated heterocycles. The van der Waals surface area contributed by atoms with Gasteiger partial charge < -0.3 is 11.5 Å². The van der Waals surface area contributed by atoms with Crippen molar-refractivity contribution in [1.82, 2.24) is 0 Å². The molecule has 0 saturated carbocycles. The lowest BCUT2D eigenvalue weighted by Gasteiger charge is -2.11. The van der Waals surface area contributed by atoms with Crippen molar-refractivity contribution < 1.29 is 4.79 Å². The lowest BCUT2D eigenvalue weighted by Crippen LogP contribution is -2.25. The molecule has 0 bridgehead atoms. The summed E-state index contributed by atoms with van der Waals surface area (Å²) >= 11 is 0. The summed E-state index contributed by atoms with van der Waals surface area (Å²) in [7, 11) is 0. The standard InChI is InChI=1S/C20H40N2O/c1-2-3-4-5-6-7-8-9-10-11-12-13-14-15-16-19(17-18-21)20(22)23/h9-10,19H,2-8,11-18,21H2,1H3,(H2,22,23)/b10-9-. The summed E-state index contributed by atoms with van der Waals surface area (Å²) in [6, 6.07) is 0. The summed E-state index contributed by atoms with van der Waals surface area (Å²) in [5.41, 5.74) is 10.9. The zero-order valence-corrected chi connectivity index (χ0v) is 15.4. The number of rotatable bonds is 17. The molecule has 3 heteroatoms. The molecule has 0 aromatic carbocycles. The van der Waals surface area contributed by atoms with Crippen LogP contribution in [0.15, 0.2) is 12.2 Å². The van der Waals surface area contributed by atoms with Crippen LogP contribution in [-0.2, 0) is 4.79 Å². The highest BCUT2D eigenvalue weighted by Gasteiger charge is 2.13. The van der Waals surface area contributed by atoms with Crippen LogP contribution >= 0.6 is 0 Å². The maximum Gasteiger partial charge on any atom is 0.220 e. The van der Waals surface area contributed by atoms with E-state index >= 15 is 0 Å². The Labute approximate surface area is 144 Å². The first-order valence-electron chi connectivity index (χ1n) is 9.86. The minimum absolute atomic E-state index is 0.0165. The Bertz CT molecular complexity index is 289. The Morgan fingerprint density at radius 2 is 1.35 bits per heavy atom. The Kier molecular flexibility index (Phi) is 16.9. The second-order valence-corrected chi connectivity index (χ2v) is 6.70. The Morgan fingerprint density at radius 3 is 1.87 bits per heavy atom. The number of hydrogen-bond donors (Lipinski definition) is 2. The highest BCUT2D eigenvalue weighted by atomic mass is 16.1. The largest absolute Gasteiger partial charge is 0.369 e. The predicted molar refractivity (Wildman–Crippen MR) is 101 cm³/mol. The van der Waals surface area contributed by atoms with Crippen LogP contribution in [0, 0.1) is 5.92 Å². The van der Waals surface area contributed by atoms with Crippen LogP contribution < -0.4 is 11.5 Å². The van der Waals surface area contributed by atoms with Crippen molar-refractivity contribution in [3.05, 3.63) is 12.2 Å². The molecule has 1 amide bonds. The van der Waals surface area contributed by atoms with Crippen LogP contribution in [0.4, 0.5) is 0 Å². The van der Waals surface area contributed by atoms with Crippen molar-refractivity contribution in [3.8, 4) is 0 Å². The summed E-state index contributed by atoms with van der Waals surface area (Å²) in [5, 5.41) is 0. The van der Waals surface area contributed by atoms with Crippen molar-refractivity contribution >= 4 is 5.91 Å². The van der Waals surface area contributed by atoms with E-state index in [1.54, 1.807) is 0 Å². The highest BCUT2D eigenvalue weighted by Crippen LogP contribution is 2.14. The Hall–Kier alpha value is -0.830. The van der Waals surface area contributed by atoms with E-state index in [0.29, 0.717) is 6.54 Å². The average Bonchev–Trinajstić information content (AvgIpc) is 2.54. The van der Waals surface area contributed by atoms with E-state index in [1.165, 1.54) is 70.6 Å². The molecule has 0 fully saturated rings. The van der Waals surface area contributed by atoms with Gasteiger partial charge in [-0.2, -0.15) is 0 Å². The fourth-order valence-electron chi connectivity index (χ4n) is 2.91. The molecule has 0 heterocycles. The van der Waals surface area contributed by atoms with Gasteiger partial charge in [-0.25, -0.2) is 0 Å².